The second-order valence-electron chi connectivity index (χ2n) is 4.77. The first-order valence-corrected chi connectivity index (χ1v) is 6.42. The summed E-state index contributed by atoms with van der Waals surface area (Å²) >= 11 is 0. The lowest BCUT2D eigenvalue weighted by molar-refractivity contribution is -0.389. The van der Waals surface area contributed by atoms with Crippen molar-refractivity contribution < 1.29 is 14.5 Å². The van der Waals surface area contributed by atoms with Gasteiger partial charge < -0.3 is 10.1 Å². The van der Waals surface area contributed by atoms with Crippen LogP contribution in [0.4, 0.5) is 5.82 Å². The number of imide groups is 1. The molecule has 0 fully saturated rings. The first-order chi connectivity index (χ1) is 10.4. The lowest BCUT2D eigenvalue weighted by Gasteiger charge is -2.06. The molecule has 2 rings (SSSR count). The van der Waals surface area contributed by atoms with Gasteiger partial charge >= 0.3 is 5.82 Å². The maximum absolute atomic E-state index is 12.1. The van der Waals surface area contributed by atoms with Gasteiger partial charge in [0, 0.05) is 11.6 Å². The quantitative estimate of drug-likeness (QED) is 0.531. The monoisotopic (exact) mass is 299 g/mol. The van der Waals surface area contributed by atoms with Crippen LogP contribution >= 0.6 is 0 Å². The normalized spacial score (nSPS) is 10.1. The molecule has 1 aromatic carbocycles. The summed E-state index contributed by atoms with van der Waals surface area (Å²) in [5.74, 6) is -1.53. The van der Waals surface area contributed by atoms with Crippen LogP contribution in [0.25, 0.3) is 0 Å². The highest BCUT2D eigenvalue weighted by Crippen LogP contribution is 2.14. The second-order valence-corrected chi connectivity index (χ2v) is 4.77. The lowest BCUT2D eigenvalue weighted by Crippen LogP contribution is -2.31. The van der Waals surface area contributed by atoms with E-state index in [-0.39, 0.29) is 11.4 Å². The number of aryl methyl sites for hydroxylation is 2. The molecule has 0 saturated carbocycles. The van der Waals surface area contributed by atoms with Gasteiger partial charge in [0.1, 0.15) is 0 Å². The summed E-state index contributed by atoms with van der Waals surface area (Å²) < 4.78 is 0. The van der Waals surface area contributed by atoms with Crippen LogP contribution in [0.15, 0.2) is 36.5 Å². The molecule has 0 aliphatic rings. The molecule has 112 valence electrons. The summed E-state index contributed by atoms with van der Waals surface area (Å²) in [6.07, 6.45) is 1.09. The van der Waals surface area contributed by atoms with Gasteiger partial charge in [0.15, 0.2) is 6.20 Å². The molecule has 0 radical (unpaired) electrons. The first kappa shape index (κ1) is 15.3. The van der Waals surface area contributed by atoms with Crippen LogP contribution in [0.1, 0.15) is 31.8 Å². The Morgan fingerprint density at radius 2 is 1.91 bits per heavy atom. The van der Waals surface area contributed by atoms with Gasteiger partial charge in [-0.05, 0) is 41.5 Å². The van der Waals surface area contributed by atoms with E-state index in [0.29, 0.717) is 11.1 Å². The van der Waals surface area contributed by atoms with E-state index in [1.807, 2.05) is 13.0 Å². The number of nitrogens with one attached hydrogen (secondary N) is 1. The number of nitrogens with zero attached hydrogens (tertiary/aromatic N) is 2. The van der Waals surface area contributed by atoms with E-state index in [1.54, 1.807) is 25.1 Å². The van der Waals surface area contributed by atoms with Gasteiger partial charge in [-0.15, -0.1) is 0 Å². The summed E-state index contributed by atoms with van der Waals surface area (Å²) in [6.45, 7) is 3.38. The molecule has 7 nitrogen and oxygen atoms in total. The molecular weight excluding hydrogens is 286 g/mol. The Balaban J connectivity index is 2.19. The van der Waals surface area contributed by atoms with Crippen molar-refractivity contribution >= 4 is 17.6 Å². The summed E-state index contributed by atoms with van der Waals surface area (Å²) in [6, 6.07) is 7.99. The molecule has 1 N–H and O–H groups in total. The van der Waals surface area contributed by atoms with Gasteiger partial charge in [0.25, 0.3) is 11.8 Å². The van der Waals surface area contributed by atoms with Crippen molar-refractivity contribution in [2.45, 2.75) is 13.8 Å². The van der Waals surface area contributed by atoms with Crippen molar-refractivity contribution in [3.63, 3.8) is 0 Å². The van der Waals surface area contributed by atoms with E-state index in [1.165, 1.54) is 6.07 Å². The third-order valence-corrected chi connectivity index (χ3v) is 3.04. The van der Waals surface area contributed by atoms with E-state index >= 15 is 0 Å². The average Bonchev–Trinajstić information content (AvgIpc) is 2.46. The Kier molecular flexibility index (Phi) is 4.26. The largest absolute Gasteiger partial charge is 0.363 e. The number of nitro groups is 1. The fraction of sp³-hybridized carbons (Fsp3) is 0.133. The highest BCUT2D eigenvalue weighted by atomic mass is 16.6. The van der Waals surface area contributed by atoms with E-state index in [9.17, 15) is 19.7 Å². The van der Waals surface area contributed by atoms with Gasteiger partial charge in [-0.1, -0.05) is 17.7 Å². The third-order valence-electron chi connectivity index (χ3n) is 3.04. The predicted molar refractivity (Wildman–Crippen MR) is 78.6 cm³/mol. The lowest BCUT2D eigenvalue weighted by atomic mass is 10.1. The molecule has 2 aromatic rings. The number of rotatable bonds is 3. The maximum Gasteiger partial charge on any atom is 0.363 e. The first-order valence-electron chi connectivity index (χ1n) is 6.42. The molecule has 1 heterocycles. The van der Waals surface area contributed by atoms with E-state index in [0.717, 1.165) is 11.8 Å². The molecule has 0 unspecified atom stereocenters. The topological polar surface area (TPSA) is 102 Å². The van der Waals surface area contributed by atoms with E-state index in [2.05, 4.69) is 10.3 Å². The zero-order valence-electron chi connectivity index (χ0n) is 12.0. The van der Waals surface area contributed by atoms with Gasteiger partial charge in [-0.3, -0.25) is 14.9 Å². The van der Waals surface area contributed by atoms with Crippen LogP contribution in [0.2, 0.25) is 0 Å². The maximum atomic E-state index is 12.1. The van der Waals surface area contributed by atoms with E-state index in [4.69, 9.17) is 0 Å². The number of hydrogen-bond donors (Lipinski definition) is 1. The molecule has 0 saturated heterocycles. The number of carbonyl (C=O) groups is 2. The van der Waals surface area contributed by atoms with Crippen molar-refractivity contribution in [3.8, 4) is 0 Å². The van der Waals surface area contributed by atoms with Crippen LogP contribution in [0.3, 0.4) is 0 Å². The number of aromatic nitrogens is 1. The molecule has 0 atom stereocenters. The molecule has 0 aliphatic heterocycles. The van der Waals surface area contributed by atoms with Crippen molar-refractivity contribution in [3.05, 3.63) is 68.9 Å². The minimum Gasteiger partial charge on any atom is -0.358 e. The Hall–Kier alpha value is -3.09. The molecule has 1 aromatic heterocycles. The highest BCUT2D eigenvalue weighted by molar-refractivity contribution is 6.10. The Bertz CT molecular complexity index is 771. The standard InChI is InChI=1S/C15H13N3O4/c1-9-4-3-5-11(6-9)14(19)17-15(20)12-8-16-13(18(21)22)7-10(12)2/h3-8H,1-2H3,(H,17,19,20). The molecule has 0 bridgehead atoms. The Morgan fingerprint density at radius 1 is 1.18 bits per heavy atom. The Labute approximate surface area is 126 Å². The molecular formula is C15H13N3O4. The summed E-state index contributed by atoms with van der Waals surface area (Å²) in [5.41, 5.74) is 1.75. The fourth-order valence-corrected chi connectivity index (χ4v) is 1.91. The van der Waals surface area contributed by atoms with Crippen molar-refractivity contribution in [2.24, 2.45) is 0 Å². The predicted octanol–water partition coefficient (Wildman–Crippen LogP) is 2.18. The molecule has 22 heavy (non-hydrogen) atoms. The third kappa shape index (κ3) is 3.32. The summed E-state index contributed by atoms with van der Waals surface area (Å²) in [4.78, 5) is 37.6. The summed E-state index contributed by atoms with van der Waals surface area (Å²) in [5, 5.41) is 12.9. The number of pyridine rings is 1. The van der Waals surface area contributed by atoms with Crippen LogP contribution < -0.4 is 5.32 Å². The molecule has 0 spiro atoms. The number of carbonyl (C=O) groups excluding carboxylic acids is 2. The zero-order valence-corrected chi connectivity index (χ0v) is 12.0. The van der Waals surface area contributed by atoms with Gasteiger partial charge in [-0.25, -0.2) is 0 Å². The second kappa shape index (κ2) is 6.13. The fourth-order valence-electron chi connectivity index (χ4n) is 1.91. The van der Waals surface area contributed by atoms with Crippen molar-refractivity contribution in [1.82, 2.24) is 10.3 Å². The molecule has 7 heteroatoms. The number of benzene rings is 1. The Morgan fingerprint density at radius 3 is 2.50 bits per heavy atom. The van der Waals surface area contributed by atoms with Crippen LogP contribution in [-0.4, -0.2) is 21.7 Å². The smallest absolute Gasteiger partial charge is 0.358 e. The number of amides is 2. The van der Waals surface area contributed by atoms with Gasteiger partial charge in [-0.2, -0.15) is 0 Å². The van der Waals surface area contributed by atoms with Crippen molar-refractivity contribution in [1.29, 1.82) is 0 Å². The van der Waals surface area contributed by atoms with Crippen LogP contribution in [0.5, 0.6) is 0 Å². The van der Waals surface area contributed by atoms with E-state index < -0.39 is 16.7 Å². The minimum absolute atomic E-state index is 0.117. The molecule has 2 amide bonds. The minimum atomic E-state index is -0.647. The van der Waals surface area contributed by atoms with Crippen molar-refractivity contribution in [2.75, 3.05) is 0 Å². The average molecular weight is 299 g/mol. The molecule has 0 aliphatic carbocycles. The zero-order chi connectivity index (χ0) is 16.3. The van der Waals surface area contributed by atoms with Gasteiger partial charge in [0.2, 0.25) is 0 Å². The number of hydrogen-bond acceptors (Lipinski definition) is 5. The highest BCUT2D eigenvalue weighted by Gasteiger charge is 2.18. The van der Waals surface area contributed by atoms with Crippen LogP contribution in [-0.2, 0) is 0 Å². The summed E-state index contributed by atoms with van der Waals surface area (Å²) in [7, 11) is 0. The SMILES string of the molecule is Cc1cccc(C(=O)NC(=O)c2cnc([N+](=O)[O-])cc2C)c1. The van der Waals surface area contributed by atoms with Gasteiger partial charge in [0.05, 0.1) is 5.56 Å². The van der Waals surface area contributed by atoms with Crippen LogP contribution in [0, 0.1) is 24.0 Å².